The van der Waals surface area contributed by atoms with Crippen LogP contribution in [0, 0.1) is 11.3 Å². The summed E-state index contributed by atoms with van der Waals surface area (Å²) in [5.41, 5.74) is 15.1. The van der Waals surface area contributed by atoms with Crippen LogP contribution in [0.25, 0.3) is 0 Å². The number of hydrogen-bond acceptors (Lipinski definition) is 4. The Morgan fingerprint density at radius 3 is 1.88 bits per heavy atom. The second-order valence-corrected chi connectivity index (χ2v) is 15.5. The number of nitriles is 1. The first-order chi connectivity index (χ1) is 24.3. The van der Waals surface area contributed by atoms with E-state index < -0.39 is 0 Å². The minimum absolute atomic E-state index is 0.0133. The number of para-hydroxylation sites is 4. The molecule has 6 aromatic carbocycles. The molecule has 0 radical (unpaired) electrons. The van der Waals surface area contributed by atoms with E-state index in [1.807, 2.05) is 0 Å². The third-order valence-corrected chi connectivity index (χ3v) is 13.0. The molecule has 4 aliphatic rings. The molecule has 232 valence electrons. The predicted octanol–water partition coefficient (Wildman–Crippen LogP) is 7.91. The SMILES string of the molecule is N#Cc1cc2c3c(c1)N(c1ccccc1)c1cc(N4C5=C(CCCC5)[Se]c5ccccc54)ccc1B3c1ccccc1N2c1ccccc1. The van der Waals surface area contributed by atoms with E-state index in [4.69, 9.17) is 0 Å². The summed E-state index contributed by atoms with van der Waals surface area (Å²) in [4.78, 5) is 7.32. The molecule has 0 bridgehead atoms. The van der Waals surface area contributed by atoms with Gasteiger partial charge in [0.2, 0.25) is 0 Å². The fourth-order valence-corrected chi connectivity index (χ4v) is 10.9. The van der Waals surface area contributed by atoms with Gasteiger partial charge in [-0.2, -0.15) is 0 Å². The molecule has 0 saturated heterocycles. The van der Waals surface area contributed by atoms with Crippen molar-refractivity contribution in [3.63, 3.8) is 0 Å². The first-order valence-electron chi connectivity index (χ1n) is 17.1. The number of rotatable bonds is 3. The molecule has 6 aromatic rings. The van der Waals surface area contributed by atoms with E-state index in [-0.39, 0.29) is 6.71 Å². The Hall–Kier alpha value is -5.47. The Labute approximate surface area is 293 Å². The molecule has 3 heterocycles. The molecule has 0 spiro atoms. The zero-order chi connectivity index (χ0) is 32.5. The van der Waals surface area contributed by atoms with E-state index in [9.17, 15) is 5.26 Å². The van der Waals surface area contributed by atoms with Crippen LogP contribution in [0.4, 0.5) is 45.5 Å². The van der Waals surface area contributed by atoms with Gasteiger partial charge in [-0.3, -0.25) is 0 Å². The van der Waals surface area contributed by atoms with Gasteiger partial charge in [-0.15, -0.1) is 0 Å². The molecule has 0 N–H and O–H groups in total. The van der Waals surface area contributed by atoms with Gasteiger partial charge in [0.1, 0.15) is 0 Å². The van der Waals surface area contributed by atoms with Crippen LogP contribution in [-0.4, -0.2) is 21.7 Å². The summed E-state index contributed by atoms with van der Waals surface area (Å²) < 4.78 is 3.11. The molecule has 3 aliphatic heterocycles. The van der Waals surface area contributed by atoms with Crippen LogP contribution >= 0.6 is 0 Å². The third kappa shape index (κ3) is 4.36. The summed E-state index contributed by atoms with van der Waals surface area (Å²) in [5.74, 6) is 0. The Morgan fingerprint density at radius 2 is 1.14 bits per heavy atom. The van der Waals surface area contributed by atoms with Crippen LogP contribution in [-0.2, 0) is 0 Å². The summed E-state index contributed by atoms with van der Waals surface area (Å²) in [5, 5.41) is 10.5. The molecule has 0 aromatic heterocycles. The van der Waals surface area contributed by atoms with E-state index in [1.165, 1.54) is 57.2 Å². The van der Waals surface area contributed by atoms with Crippen molar-refractivity contribution in [2.45, 2.75) is 25.7 Å². The Bertz CT molecular complexity index is 2360. The second kappa shape index (κ2) is 11.3. The van der Waals surface area contributed by atoms with Crippen molar-refractivity contribution in [3.05, 3.63) is 155 Å². The van der Waals surface area contributed by atoms with Gasteiger partial charge in [0.25, 0.3) is 0 Å². The Morgan fingerprint density at radius 1 is 0.531 bits per heavy atom. The van der Waals surface area contributed by atoms with Gasteiger partial charge in [0.05, 0.1) is 0 Å². The van der Waals surface area contributed by atoms with Crippen molar-refractivity contribution in [2.75, 3.05) is 14.7 Å². The topological polar surface area (TPSA) is 33.5 Å². The van der Waals surface area contributed by atoms with E-state index in [0.29, 0.717) is 20.5 Å². The Kier molecular flexibility index (Phi) is 6.59. The number of hydrogen-bond donors (Lipinski definition) is 0. The third-order valence-electron chi connectivity index (χ3n) is 10.4. The van der Waals surface area contributed by atoms with Gasteiger partial charge in [0.15, 0.2) is 0 Å². The van der Waals surface area contributed by atoms with Gasteiger partial charge in [-0.05, 0) is 12.1 Å². The first-order valence-corrected chi connectivity index (χ1v) is 18.8. The zero-order valence-electron chi connectivity index (χ0n) is 26.9. The number of anilines is 8. The molecule has 6 heteroatoms. The van der Waals surface area contributed by atoms with Crippen molar-refractivity contribution in [1.82, 2.24) is 0 Å². The molecule has 1 aliphatic carbocycles. The number of benzene rings is 6. The van der Waals surface area contributed by atoms with Gasteiger partial charge < -0.3 is 0 Å². The van der Waals surface area contributed by atoms with Gasteiger partial charge in [-0.1, -0.05) is 18.2 Å². The quantitative estimate of drug-likeness (QED) is 0.176. The summed E-state index contributed by atoms with van der Waals surface area (Å²) in [6, 6.07) is 52.9. The predicted molar refractivity (Wildman–Crippen MR) is 205 cm³/mol. The van der Waals surface area contributed by atoms with Gasteiger partial charge >= 0.3 is 265 Å². The molecule has 49 heavy (non-hydrogen) atoms. The fourth-order valence-electron chi connectivity index (χ4n) is 8.36. The van der Waals surface area contributed by atoms with E-state index in [2.05, 4.69) is 160 Å². The summed E-state index contributed by atoms with van der Waals surface area (Å²) >= 11 is 0.368. The Balaban J connectivity index is 1.26. The molecule has 0 fully saturated rings. The average molecular weight is 694 g/mol. The normalized spacial score (nSPS) is 15.5. The van der Waals surface area contributed by atoms with E-state index >= 15 is 0 Å². The second-order valence-electron chi connectivity index (χ2n) is 13.1. The summed E-state index contributed by atoms with van der Waals surface area (Å²) in [7, 11) is 0. The van der Waals surface area contributed by atoms with Gasteiger partial charge in [-0.25, -0.2) is 0 Å². The first kappa shape index (κ1) is 28.5. The van der Waals surface area contributed by atoms with Crippen LogP contribution in [0.3, 0.4) is 0 Å². The molecular formula is C43H31BN4Se. The van der Waals surface area contributed by atoms with Crippen molar-refractivity contribution < 1.29 is 0 Å². The number of fused-ring (bicyclic) bond motifs is 5. The van der Waals surface area contributed by atoms with Crippen molar-refractivity contribution in [1.29, 1.82) is 5.26 Å². The molecule has 10 rings (SSSR count). The van der Waals surface area contributed by atoms with Gasteiger partial charge in [0, 0.05) is 0 Å². The minimum Gasteiger partial charge on any atom is -0.0621 e. The van der Waals surface area contributed by atoms with E-state index in [0.717, 1.165) is 40.5 Å². The van der Waals surface area contributed by atoms with Crippen LogP contribution < -0.4 is 35.6 Å². The van der Waals surface area contributed by atoms with Crippen LogP contribution in [0.15, 0.2) is 150 Å². The molecule has 0 unspecified atom stereocenters. The standard InChI is InChI=1S/C43H31BN4Se/c45-28-29-25-39-43-40(26-29)47(31-15-5-2-6-16-31)38-27-32(48-36-19-9-11-21-41(36)49-42-22-12-10-20-37(42)48)23-24-34(38)44(43)33-17-7-8-18-35(33)46(39)30-13-3-1-4-14-30/h1-9,11,13-19,21,23-27H,10,12,20,22H2. The van der Waals surface area contributed by atoms with Crippen molar-refractivity contribution >= 4 is 88.0 Å². The average Bonchev–Trinajstić information content (AvgIpc) is 3.17. The zero-order valence-corrected chi connectivity index (χ0v) is 28.6. The number of nitrogens with zero attached hydrogens (tertiary/aromatic N) is 4. The summed E-state index contributed by atoms with van der Waals surface area (Å²) in [6.45, 7) is 0.0133. The fraction of sp³-hybridized carbons (Fsp3) is 0.0930. The summed E-state index contributed by atoms with van der Waals surface area (Å²) in [6.07, 6.45) is 4.83. The maximum absolute atomic E-state index is 10.5. The number of allylic oxidation sites excluding steroid dienone is 2. The van der Waals surface area contributed by atoms with Crippen LogP contribution in [0.1, 0.15) is 31.2 Å². The molecular weight excluding hydrogens is 662 g/mol. The van der Waals surface area contributed by atoms with Crippen LogP contribution in [0.5, 0.6) is 0 Å². The van der Waals surface area contributed by atoms with Crippen molar-refractivity contribution in [2.24, 2.45) is 0 Å². The smallest absolute Gasteiger partial charge is 0.0621 e. The minimum atomic E-state index is 0.0133. The van der Waals surface area contributed by atoms with Crippen LogP contribution in [0.2, 0.25) is 0 Å². The maximum atomic E-state index is 10.5. The van der Waals surface area contributed by atoms with Crippen molar-refractivity contribution in [3.8, 4) is 6.07 Å². The van der Waals surface area contributed by atoms with E-state index in [1.54, 1.807) is 4.47 Å². The molecule has 0 amide bonds. The monoisotopic (exact) mass is 694 g/mol. The molecule has 0 atom stereocenters. The molecule has 0 saturated carbocycles. The molecule has 4 nitrogen and oxygen atoms in total.